The van der Waals surface area contributed by atoms with Gasteiger partial charge in [0.15, 0.2) is 0 Å². The van der Waals surface area contributed by atoms with E-state index in [9.17, 15) is 13.2 Å². The van der Waals surface area contributed by atoms with Crippen molar-refractivity contribution in [2.75, 3.05) is 17.6 Å². The van der Waals surface area contributed by atoms with E-state index in [1.807, 2.05) is 12.1 Å². The predicted octanol–water partition coefficient (Wildman–Crippen LogP) is 3.54. The van der Waals surface area contributed by atoms with Gasteiger partial charge in [0.25, 0.3) is 10.0 Å². The average Bonchev–Trinajstić information content (AvgIpc) is 3.14. The highest BCUT2D eigenvalue weighted by Gasteiger charge is 2.18. The summed E-state index contributed by atoms with van der Waals surface area (Å²) in [5.41, 5.74) is 0.424. The van der Waals surface area contributed by atoms with E-state index in [1.165, 1.54) is 23.9 Å². The van der Waals surface area contributed by atoms with Crippen molar-refractivity contribution >= 4 is 50.8 Å². The number of anilines is 1. The molecule has 0 saturated heterocycles. The van der Waals surface area contributed by atoms with Gasteiger partial charge in [-0.3, -0.25) is 14.5 Å². The van der Waals surface area contributed by atoms with Gasteiger partial charge < -0.3 is 5.32 Å². The number of halogens is 1. The van der Waals surface area contributed by atoms with Crippen LogP contribution in [0, 0.1) is 0 Å². The standard InChI is InChI=1S/C18H18ClN3O3S2/c19-13-6-8-15(9-7-13)26-12-18(23)21-14-3-1-4-16(11-14)27(24,25)22-17-5-2-10-20-17/h1,3-4,6-9,11H,2,5,10,12H2,(H,20,22)(H,21,23). The van der Waals surface area contributed by atoms with Gasteiger partial charge in [0.2, 0.25) is 5.91 Å². The Bertz CT molecular complexity index is 960. The smallest absolute Gasteiger partial charge is 0.262 e. The quantitative estimate of drug-likeness (QED) is 0.695. The third-order valence-corrected chi connectivity index (χ3v) is 6.38. The van der Waals surface area contributed by atoms with E-state index in [0.717, 1.165) is 11.3 Å². The zero-order chi connectivity index (χ0) is 19.3. The number of amides is 1. The van der Waals surface area contributed by atoms with Crippen molar-refractivity contribution in [1.82, 2.24) is 4.72 Å². The van der Waals surface area contributed by atoms with Crippen LogP contribution in [0.4, 0.5) is 5.69 Å². The Kier molecular flexibility index (Phi) is 6.41. The molecule has 0 bridgehead atoms. The summed E-state index contributed by atoms with van der Waals surface area (Å²) in [6.45, 7) is 0.638. The summed E-state index contributed by atoms with van der Waals surface area (Å²) in [5, 5.41) is 3.36. The molecule has 1 amide bonds. The molecule has 0 radical (unpaired) electrons. The lowest BCUT2D eigenvalue weighted by Crippen LogP contribution is -2.29. The first-order chi connectivity index (χ1) is 12.9. The second-order valence-electron chi connectivity index (χ2n) is 5.86. The van der Waals surface area contributed by atoms with Crippen molar-refractivity contribution < 1.29 is 13.2 Å². The molecule has 0 aromatic heterocycles. The van der Waals surface area contributed by atoms with E-state index in [0.29, 0.717) is 29.5 Å². The van der Waals surface area contributed by atoms with E-state index < -0.39 is 10.0 Å². The Morgan fingerprint density at radius 3 is 2.67 bits per heavy atom. The molecular weight excluding hydrogens is 406 g/mol. The number of thioether (sulfide) groups is 1. The second kappa shape index (κ2) is 8.77. The van der Waals surface area contributed by atoms with Crippen LogP contribution < -0.4 is 10.0 Å². The molecule has 0 spiro atoms. The molecular formula is C18H18ClN3O3S2. The Morgan fingerprint density at radius 1 is 1.19 bits per heavy atom. The van der Waals surface area contributed by atoms with E-state index in [-0.39, 0.29) is 16.6 Å². The van der Waals surface area contributed by atoms with Crippen LogP contribution in [0.1, 0.15) is 12.8 Å². The highest BCUT2D eigenvalue weighted by atomic mass is 35.5. The Balaban J connectivity index is 1.61. The second-order valence-corrected chi connectivity index (χ2v) is 9.02. The van der Waals surface area contributed by atoms with Crippen LogP contribution in [-0.2, 0) is 14.8 Å². The minimum absolute atomic E-state index is 0.0836. The summed E-state index contributed by atoms with van der Waals surface area (Å²) >= 11 is 7.21. The summed E-state index contributed by atoms with van der Waals surface area (Å²) in [5.74, 6) is 0.453. The largest absolute Gasteiger partial charge is 0.325 e. The molecule has 6 nitrogen and oxygen atoms in total. The van der Waals surface area contributed by atoms with E-state index in [4.69, 9.17) is 11.6 Å². The van der Waals surface area contributed by atoms with E-state index in [2.05, 4.69) is 15.0 Å². The summed E-state index contributed by atoms with van der Waals surface area (Å²) in [6.07, 6.45) is 1.47. The van der Waals surface area contributed by atoms with Crippen LogP contribution >= 0.6 is 23.4 Å². The molecule has 0 saturated carbocycles. The topological polar surface area (TPSA) is 87.6 Å². The van der Waals surface area contributed by atoms with E-state index >= 15 is 0 Å². The zero-order valence-electron chi connectivity index (χ0n) is 14.3. The summed E-state index contributed by atoms with van der Waals surface area (Å²) in [4.78, 5) is 17.3. The monoisotopic (exact) mass is 423 g/mol. The molecule has 2 aromatic rings. The number of benzene rings is 2. The first kappa shape index (κ1) is 19.7. The number of sulfonamides is 1. The Morgan fingerprint density at radius 2 is 1.96 bits per heavy atom. The molecule has 0 aliphatic carbocycles. The van der Waals surface area contributed by atoms with Gasteiger partial charge in [-0.05, 0) is 48.9 Å². The van der Waals surface area contributed by atoms with Crippen LogP contribution in [0.25, 0.3) is 0 Å². The molecule has 2 N–H and O–H groups in total. The minimum atomic E-state index is -3.71. The lowest BCUT2D eigenvalue weighted by molar-refractivity contribution is -0.113. The fourth-order valence-corrected chi connectivity index (χ4v) is 4.41. The molecule has 142 valence electrons. The number of amidine groups is 1. The number of nitrogens with zero attached hydrogens (tertiary/aromatic N) is 1. The number of hydrogen-bond acceptors (Lipinski definition) is 5. The van der Waals surface area contributed by atoms with Crippen LogP contribution in [-0.4, -0.2) is 32.5 Å². The fraction of sp³-hybridized carbons (Fsp3) is 0.222. The van der Waals surface area contributed by atoms with Crippen molar-refractivity contribution in [3.8, 4) is 0 Å². The number of hydrogen-bond donors (Lipinski definition) is 2. The third kappa shape index (κ3) is 5.72. The SMILES string of the molecule is O=C(CSc1ccc(Cl)cc1)Nc1cccc(S(=O)(=O)NC2=NCCC2)c1. The molecule has 3 rings (SSSR count). The highest BCUT2D eigenvalue weighted by Crippen LogP contribution is 2.21. The maximum atomic E-state index is 12.4. The molecule has 9 heteroatoms. The van der Waals surface area contributed by atoms with Gasteiger partial charge in [-0.25, -0.2) is 8.42 Å². The van der Waals surface area contributed by atoms with Crippen molar-refractivity contribution in [3.05, 3.63) is 53.6 Å². The third-order valence-electron chi connectivity index (χ3n) is 3.74. The van der Waals surface area contributed by atoms with Crippen molar-refractivity contribution in [2.45, 2.75) is 22.6 Å². The van der Waals surface area contributed by atoms with E-state index in [1.54, 1.807) is 24.3 Å². The molecule has 0 unspecified atom stereocenters. The molecule has 1 aliphatic rings. The minimum Gasteiger partial charge on any atom is -0.325 e. The van der Waals surface area contributed by atoms with Gasteiger partial charge >= 0.3 is 0 Å². The van der Waals surface area contributed by atoms with Gasteiger partial charge in [0.05, 0.1) is 10.6 Å². The van der Waals surface area contributed by atoms with Gasteiger partial charge in [-0.1, -0.05) is 17.7 Å². The first-order valence-electron chi connectivity index (χ1n) is 8.27. The van der Waals surface area contributed by atoms with Gasteiger partial charge in [0.1, 0.15) is 5.84 Å². The molecule has 27 heavy (non-hydrogen) atoms. The molecule has 0 atom stereocenters. The van der Waals surface area contributed by atoms with Crippen molar-refractivity contribution in [1.29, 1.82) is 0 Å². The number of carbonyl (C=O) groups is 1. The van der Waals surface area contributed by atoms with Gasteiger partial charge in [-0.2, -0.15) is 0 Å². The number of carbonyl (C=O) groups excluding carboxylic acids is 1. The van der Waals surface area contributed by atoms with Crippen molar-refractivity contribution in [3.63, 3.8) is 0 Å². The maximum Gasteiger partial charge on any atom is 0.262 e. The normalized spacial score (nSPS) is 13.9. The Hall–Kier alpha value is -2.03. The molecule has 1 aliphatic heterocycles. The fourth-order valence-electron chi connectivity index (χ4n) is 2.45. The molecule has 2 aromatic carbocycles. The van der Waals surface area contributed by atoms with Crippen LogP contribution in [0.3, 0.4) is 0 Å². The summed E-state index contributed by atoms with van der Waals surface area (Å²) < 4.78 is 27.4. The van der Waals surface area contributed by atoms with Crippen molar-refractivity contribution in [2.24, 2.45) is 4.99 Å². The average molecular weight is 424 g/mol. The van der Waals surface area contributed by atoms with Crippen LogP contribution in [0.5, 0.6) is 0 Å². The predicted molar refractivity (Wildman–Crippen MR) is 109 cm³/mol. The molecule has 1 heterocycles. The summed E-state index contributed by atoms with van der Waals surface area (Å²) in [7, 11) is -3.71. The van der Waals surface area contributed by atoms with Gasteiger partial charge in [-0.15, -0.1) is 11.8 Å². The van der Waals surface area contributed by atoms with Crippen LogP contribution in [0.15, 0.2) is 63.3 Å². The lowest BCUT2D eigenvalue weighted by Gasteiger charge is -2.10. The summed E-state index contributed by atoms with van der Waals surface area (Å²) in [6, 6.07) is 13.4. The zero-order valence-corrected chi connectivity index (χ0v) is 16.7. The lowest BCUT2D eigenvalue weighted by atomic mass is 10.3. The highest BCUT2D eigenvalue weighted by molar-refractivity contribution is 8.00. The number of nitrogens with one attached hydrogen (secondary N) is 2. The maximum absolute atomic E-state index is 12.4. The van der Waals surface area contributed by atoms with Gasteiger partial charge in [0, 0.05) is 28.6 Å². The number of rotatable bonds is 6. The molecule has 0 fully saturated rings. The Labute approximate surface area is 167 Å². The van der Waals surface area contributed by atoms with Crippen LogP contribution in [0.2, 0.25) is 5.02 Å². The number of aliphatic imine (C=N–C) groups is 1. The first-order valence-corrected chi connectivity index (χ1v) is 11.1.